The minimum atomic E-state index is -3.44. The second-order valence-electron chi connectivity index (χ2n) is 4.68. The van der Waals surface area contributed by atoms with Gasteiger partial charge in [0.2, 0.25) is 10.0 Å². The number of hydrogen-bond donors (Lipinski definition) is 2. The summed E-state index contributed by atoms with van der Waals surface area (Å²) in [7, 11) is -3.44. The van der Waals surface area contributed by atoms with Crippen LogP contribution in [-0.2, 0) is 10.0 Å². The lowest BCUT2D eigenvalue weighted by Gasteiger charge is -2.12. The van der Waals surface area contributed by atoms with Gasteiger partial charge in [-0.3, -0.25) is 0 Å². The van der Waals surface area contributed by atoms with Crippen molar-refractivity contribution in [3.05, 3.63) is 17.0 Å². The van der Waals surface area contributed by atoms with Gasteiger partial charge in [-0.05, 0) is 31.4 Å². The van der Waals surface area contributed by atoms with Crippen molar-refractivity contribution in [1.29, 1.82) is 0 Å². The minimum absolute atomic E-state index is 0.0297. The summed E-state index contributed by atoms with van der Waals surface area (Å²) in [6, 6.07) is 3.16. The summed E-state index contributed by atoms with van der Waals surface area (Å²) in [5.41, 5.74) is 5.47. The van der Waals surface area contributed by atoms with Gasteiger partial charge >= 0.3 is 0 Å². The number of thiophene rings is 1. The highest BCUT2D eigenvalue weighted by Crippen LogP contribution is 2.33. The van der Waals surface area contributed by atoms with Crippen LogP contribution in [0.2, 0.25) is 0 Å². The van der Waals surface area contributed by atoms with E-state index < -0.39 is 10.0 Å². The van der Waals surface area contributed by atoms with E-state index in [9.17, 15) is 8.42 Å². The highest BCUT2D eigenvalue weighted by molar-refractivity contribution is 7.91. The predicted octanol–water partition coefficient (Wildman–Crippen LogP) is 1.85. The zero-order valence-electron chi connectivity index (χ0n) is 10.0. The molecule has 0 bridgehead atoms. The standard InChI is InChI=1S/C11H16N2O2S3/c1-7(6-8-2-3-8)13-18(14,15)10-5-4-9(17-10)11(12)16/h4-5,7-8,13H,2-3,6H2,1H3,(H2,12,16). The molecule has 0 saturated heterocycles. The highest BCUT2D eigenvalue weighted by atomic mass is 32.2. The summed E-state index contributed by atoms with van der Waals surface area (Å²) in [6.45, 7) is 1.90. The lowest BCUT2D eigenvalue weighted by Crippen LogP contribution is -2.32. The van der Waals surface area contributed by atoms with E-state index in [0.717, 1.165) is 17.8 Å². The van der Waals surface area contributed by atoms with Gasteiger partial charge in [-0.25, -0.2) is 13.1 Å². The van der Waals surface area contributed by atoms with Crippen LogP contribution in [0, 0.1) is 5.92 Å². The second-order valence-corrected chi connectivity index (χ2v) is 8.15. The van der Waals surface area contributed by atoms with Crippen molar-refractivity contribution in [3.8, 4) is 0 Å². The quantitative estimate of drug-likeness (QED) is 0.787. The number of rotatable bonds is 6. The lowest BCUT2D eigenvalue weighted by molar-refractivity contribution is 0.531. The zero-order valence-corrected chi connectivity index (χ0v) is 12.5. The molecule has 1 aromatic rings. The predicted molar refractivity (Wildman–Crippen MR) is 77.3 cm³/mol. The molecule has 0 aliphatic heterocycles. The Morgan fingerprint density at radius 3 is 2.78 bits per heavy atom. The van der Waals surface area contributed by atoms with Crippen LogP contribution in [0.1, 0.15) is 31.1 Å². The van der Waals surface area contributed by atoms with E-state index >= 15 is 0 Å². The Morgan fingerprint density at radius 1 is 1.61 bits per heavy atom. The molecule has 0 amide bonds. The summed E-state index contributed by atoms with van der Waals surface area (Å²) >= 11 is 5.93. The van der Waals surface area contributed by atoms with Gasteiger partial charge in [-0.1, -0.05) is 25.1 Å². The minimum Gasteiger partial charge on any atom is -0.389 e. The Bertz CT molecular complexity index is 546. The average Bonchev–Trinajstić information content (AvgIpc) is 2.91. The van der Waals surface area contributed by atoms with Crippen LogP contribution < -0.4 is 10.5 Å². The van der Waals surface area contributed by atoms with Gasteiger partial charge in [0.1, 0.15) is 9.20 Å². The molecule has 4 nitrogen and oxygen atoms in total. The smallest absolute Gasteiger partial charge is 0.250 e. The lowest BCUT2D eigenvalue weighted by atomic mass is 10.2. The molecule has 0 radical (unpaired) electrons. The summed E-state index contributed by atoms with van der Waals surface area (Å²) in [6.07, 6.45) is 3.35. The molecule has 100 valence electrons. The molecule has 1 saturated carbocycles. The van der Waals surface area contributed by atoms with Crippen molar-refractivity contribution in [2.75, 3.05) is 0 Å². The van der Waals surface area contributed by atoms with E-state index in [1.54, 1.807) is 12.1 Å². The molecular weight excluding hydrogens is 288 g/mol. The van der Waals surface area contributed by atoms with E-state index in [2.05, 4.69) is 4.72 Å². The molecule has 1 atom stereocenters. The third-order valence-electron chi connectivity index (χ3n) is 2.83. The van der Waals surface area contributed by atoms with Gasteiger partial charge < -0.3 is 5.73 Å². The Morgan fingerprint density at radius 2 is 2.28 bits per heavy atom. The van der Waals surface area contributed by atoms with Gasteiger partial charge in [0.25, 0.3) is 0 Å². The second kappa shape index (κ2) is 5.24. The molecule has 3 N–H and O–H groups in total. The normalized spacial score (nSPS) is 17.6. The van der Waals surface area contributed by atoms with Crippen molar-refractivity contribution in [1.82, 2.24) is 4.72 Å². The number of hydrogen-bond acceptors (Lipinski definition) is 4. The Balaban J connectivity index is 2.06. The molecule has 0 spiro atoms. The maximum absolute atomic E-state index is 12.1. The monoisotopic (exact) mass is 304 g/mol. The SMILES string of the molecule is CC(CC1CC1)NS(=O)(=O)c1ccc(C(N)=S)s1. The maximum Gasteiger partial charge on any atom is 0.250 e. The summed E-state index contributed by atoms with van der Waals surface area (Å²) < 4.78 is 27.2. The molecule has 1 aliphatic carbocycles. The first-order chi connectivity index (χ1) is 8.38. The molecule has 2 rings (SSSR count). The molecule has 1 aromatic heterocycles. The Labute approximate surface area is 117 Å². The van der Waals surface area contributed by atoms with Gasteiger partial charge in [0, 0.05) is 6.04 Å². The molecule has 0 aromatic carbocycles. The van der Waals surface area contributed by atoms with Crippen LogP contribution in [0.25, 0.3) is 0 Å². The fourth-order valence-electron chi connectivity index (χ4n) is 1.82. The van der Waals surface area contributed by atoms with Crippen molar-refractivity contribution in [3.63, 3.8) is 0 Å². The van der Waals surface area contributed by atoms with E-state index in [1.807, 2.05) is 6.92 Å². The van der Waals surface area contributed by atoms with Crippen molar-refractivity contribution >= 4 is 38.6 Å². The molecule has 7 heteroatoms. The molecule has 1 fully saturated rings. The van der Waals surface area contributed by atoms with Crippen molar-refractivity contribution < 1.29 is 8.42 Å². The average molecular weight is 304 g/mol. The number of thiocarbonyl (C=S) groups is 1. The summed E-state index contributed by atoms with van der Waals surface area (Å²) in [4.78, 5) is 0.854. The first kappa shape index (κ1) is 13.9. The largest absolute Gasteiger partial charge is 0.389 e. The van der Waals surface area contributed by atoms with Crippen LogP contribution in [0.4, 0.5) is 0 Å². The van der Waals surface area contributed by atoms with E-state index in [4.69, 9.17) is 18.0 Å². The Kier molecular flexibility index (Phi) is 4.05. The topological polar surface area (TPSA) is 72.2 Å². The van der Waals surface area contributed by atoms with Gasteiger partial charge in [-0.2, -0.15) is 0 Å². The highest BCUT2D eigenvalue weighted by Gasteiger charge is 2.26. The maximum atomic E-state index is 12.1. The van der Waals surface area contributed by atoms with Gasteiger partial charge in [0.05, 0.1) is 4.88 Å². The van der Waals surface area contributed by atoms with E-state index in [1.165, 1.54) is 12.8 Å². The summed E-state index contributed by atoms with van der Waals surface area (Å²) in [5, 5.41) is 0. The van der Waals surface area contributed by atoms with E-state index in [0.29, 0.717) is 10.8 Å². The molecular formula is C11H16N2O2S3. The van der Waals surface area contributed by atoms with Crippen LogP contribution in [0.15, 0.2) is 16.3 Å². The van der Waals surface area contributed by atoms with Crippen LogP contribution in [0.3, 0.4) is 0 Å². The Hall–Kier alpha value is -0.500. The van der Waals surface area contributed by atoms with Crippen LogP contribution in [0.5, 0.6) is 0 Å². The van der Waals surface area contributed by atoms with Crippen LogP contribution >= 0.6 is 23.6 Å². The number of nitrogens with one attached hydrogen (secondary N) is 1. The molecule has 1 heterocycles. The summed E-state index contributed by atoms with van der Waals surface area (Å²) in [5.74, 6) is 0.693. The molecule has 18 heavy (non-hydrogen) atoms. The fraction of sp³-hybridized carbons (Fsp3) is 0.545. The van der Waals surface area contributed by atoms with Gasteiger partial charge in [0.15, 0.2) is 0 Å². The first-order valence-corrected chi connectivity index (χ1v) is 8.51. The molecule has 1 unspecified atom stereocenters. The third-order valence-corrected chi connectivity index (χ3v) is 6.38. The molecule has 1 aliphatic rings. The first-order valence-electron chi connectivity index (χ1n) is 5.80. The number of sulfonamides is 1. The van der Waals surface area contributed by atoms with Gasteiger partial charge in [-0.15, -0.1) is 11.3 Å². The third kappa shape index (κ3) is 3.50. The zero-order chi connectivity index (χ0) is 13.3. The van der Waals surface area contributed by atoms with E-state index in [-0.39, 0.29) is 15.2 Å². The number of nitrogens with two attached hydrogens (primary N) is 1. The van der Waals surface area contributed by atoms with Crippen LogP contribution in [-0.4, -0.2) is 19.4 Å². The van der Waals surface area contributed by atoms with Crippen molar-refractivity contribution in [2.24, 2.45) is 11.7 Å². The fourth-order valence-corrected chi connectivity index (χ4v) is 4.45. The van der Waals surface area contributed by atoms with Crippen molar-refractivity contribution in [2.45, 2.75) is 36.4 Å².